The molecule has 0 aliphatic rings. The number of hydrogen-bond acceptors (Lipinski definition) is 5. The molecule has 4 N–H and O–H groups in total. The van der Waals surface area contributed by atoms with Gasteiger partial charge >= 0.3 is 5.97 Å². The molecule has 1 aromatic rings. The molecule has 0 spiro atoms. The highest BCUT2D eigenvalue weighted by Gasteiger charge is 2.24. The van der Waals surface area contributed by atoms with Crippen molar-refractivity contribution in [2.45, 2.75) is 30.8 Å². The second-order valence-corrected chi connectivity index (χ2v) is 6.26. The Kier molecular flexibility index (Phi) is 5.28. The number of nitrogens with one attached hydrogen (secondary N) is 1. The molecular weight excluding hydrogens is 288 g/mol. The Hall–Kier alpha value is -1.42. The first-order chi connectivity index (χ1) is 9.22. The second-order valence-electron chi connectivity index (χ2n) is 4.55. The number of carboxylic acids is 1. The molecule has 0 unspecified atom stereocenters. The van der Waals surface area contributed by atoms with Gasteiger partial charge in [0.1, 0.15) is 10.6 Å². The number of nitrogens with zero attached hydrogens (tertiary/aromatic N) is 1. The Bertz CT molecular complexity index is 574. The van der Waals surface area contributed by atoms with Gasteiger partial charge in [0.2, 0.25) is 10.0 Å². The summed E-state index contributed by atoms with van der Waals surface area (Å²) in [6.45, 7) is 2.32. The van der Waals surface area contributed by atoms with E-state index in [2.05, 4.69) is 4.72 Å². The number of aromatic carboxylic acids is 1. The van der Waals surface area contributed by atoms with Crippen molar-refractivity contribution >= 4 is 16.0 Å². The van der Waals surface area contributed by atoms with E-state index in [1.54, 1.807) is 13.8 Å². The van der Waals surface area contributed by atoms with Crippen LogP contribution in [0.15, 0.2) is 17.2 Å². The third-order valence-electron chi connectivity index (χ3n) is 2.67. The van der Waals surface area contributed by atoms with Gasteiger partial charge in [-0.15, -0.1) is 0 Å². The SMILES string of the molecule is CC(C)n1cc(S(=O)(=O)NC(CO)CO)cc1C(=O)O. The van der Waals surface area contributed by atoms with Gasteiger partial charge in [0, 0.05) is 12.2 Å². The minimum Gasteiger partial charge on any atom is -0.477 e. The molecule has 0 bridgehead atoms. The van der Waals surface area contributed by atoms with Crippen molar-refractivity contribution < 1.29 is 28.5 Å². The summed E-state index contributed by atoms with van der Waals surface area (Å²) in [4.78, 5) is 10.9. The molecule has 1 aromatic heterocycles. The molecule has 0 saturated carbocycles. The van der Waals surface area contributed by atoms with E-state index in [4.69, 9.17) is 15.3 Å². The van der Waals surface area contributed by atoms with Crippen LogP contribution in [-0.4, -0.2) is 53.5 Å². The lowest BCUT2D eigenvalue weighted by Gasteiger charge is -2.12. The van der Waals surface area contributed by atoms with Crippen molar-refractivity contribution in [2.75, 3.05) is 13.2 Å². The van der Waals surface area contributed by atoms with Gasteiger partial charge in [-0.2, -0.15) is 0 Å². The zero-order valence-corrected chi connectivity index (χ0v) is 12.0. The molecule has 1 heterocycles. The van der Waals surface area contributed by atoms with Crippen LogP contribution in [0.2, 0.25) is 0 Å². The van der Waals surface area contributed by atoms with E-state index < -0.39 is 35.2 Å². The summed E-state index contributed by atoms with van der Waals surface area (Å²) >= 11 is 0. The predicted octanol–water partition coefficient (Wildman–Crippen LogP) is -0.601. The van der Waals surface area contributed by atoms with Crippen LogP contribution in [0.3, 0.4) is 0 Å². The first-order valence-electron chi connectivity index (χ1n) is 5.92. The molecule has 0 aromatic carbocycles. The number of rotatable bonds is 7. The molecule has 20 heavy (non-hydrogen) atoms. The summed E-state index contributed by atoms with van der Waals surface area (Å²) < 4.78 is 27.5. The lowest BCUT2D eigenvalue weighted by atomic mass is 10.3. The molecule has 8 nitrogen and oxygen atoms in total. The van der Waals surface area contributed by atoms with Gasteiger partial charge in [0.05, 0.1) is 19.3 Å². The van der Waals surface area contributed by atoms with Crippen molar-refractivity contribution in [3.8, 4) is 0 Å². The average molecular weight is 306 g/mol. The van der Waals surface area contributed by atoms with Crippen molar-refractivity contribution in [3.05, 3.63) is 18.0 Å². The summed E-state index contributed by atoms with van der Waals surface area (Å²) in [5, 5.41) is 26.8. The van der Waals surface area contributed by atoms with Gasteiger partial charge in [-0.25, -0.2) is 17.9 Å². The number of carboxylic acid groups (broad SMARTS) is 1. The number of aromatic nitrogens is 1. The fourth-order valence-corrected chi connectivity index (χ4v) is 2.86. The zero-order chi connectivity index (χ0) is 15.5. The number of sulfonamides is 1. The fraction of sp³-hybridized carbons (Fsp3) is 0.545. The third kappa shape index (κ3) is 3.57. The molecule has 0 saturated heterocycles. The first-order valence-corrected chi connectivity index (χ1v) is 7.40. The lowest BCUT2D eigenvalue weighted by molar-refractivity contribution is 0.0683. The highest BCUT2D eigenvalue weighted by Crippen LogP contribution is 2.19. The smallest absolute Gasteiger partial charge is 0.352 e. The normalized spacial score (nSPS) is 12.3. The maximum atomic E-state index is 12.0. The Morgan fingerprint density at radius 1 is 1.35 bits per heavy atom. The Labute approximate surface area is 116 Å². The lowest BCUT2D eigenvalue weighted by Crippen LogP contribution is -2.39. The quantitative estimate of drug-likeness (QED) is 0.532. The number of hydrogen-bond donors (Lipinski definition) is 4. The number of aliphatic hydroxyl groups is 2. The maximum absolute atomic E-state index is 12.0. The summed E-state index contributed by atoms with van der Waals surface area (Å²) in [6, 6.07) is -0.219. The zero-order valence-electron chi connectivity index (χ0n) is 11.1. The molecule has 0 radical (unpaired) electrons. The van der Waals surface area contributed by atoms with E-state index in [0.717, 1.165) is 6.07 Å². The van der Waals surface area contributed by atoms with Crippen LogP contribution in [-0.2, 0) is 10.0 Å². The van der Waals surface area contributed by atoms with Crippen molar-refractivity contribution in [1.82, 2.24) is 9.29 Å². The van der Waals surface area contributed by atoms with Crippen LogP contribution >= 0.6 is 0 Å². The molecule has 0 amide bonds. The number of aliphatic hydroxyl groups excluding tert-OH is 2. The summed E-state index contributed by atoms with van der Waals surface area (Å²) in [5.74, 6) is -1.24. The number of carbonyl (C=O) groups is 1. The summed E-state index contributed by atoms with van der Waals surface area (Å²) in [5.41, 5.74) is -0.148. The van der Waals surface area contributed by atoms with Gasteiger partial charge in [0.15, 0.2) is 0 Å². The van der Waals surface area contributed by atoms with Gasteiger partial charge < -0.3 is 19.9 Å². The predicted molar refractivity (Wildman–Crippen MR) is 70.1 cm³/mol. The van der Waals surface area contributed by atoms with Crippen LogP contribution in [0.1, 0.15) is 30.4 Å². The average Bonchev–Trinajstić information content (AvgIpc) is 2.82. The van der Waals surface area contributed by atoms with Gasteiger partial charge in [-0.3, -0.25) is 0 Å². The minimum atomic E-state index is -4.01. The van der Waals surface area contributed by atoms with Gasteiger partial charge in [-0.1, -0.05) is 0 Å². The Balaban J connectivity index is 3.19. The van der Waals surface area contributed by atoms with E-state index in [1.807, 2.05) is 0 Å². The van der Waals surface area contributed by atoms with Crippen LogP contribution in [0, 0.1) is 0 Å². The molecule has 0 aliphatic carbocycles. The standard InChI is InChI=1S/C11H18N2O6S/c1-7(2)13-4-9(3-10(13)11(16)17)20(18,19)12-8(5-14)6-15/h3-4,7-8,12,14-15H,5-6H2,1-2H3,(H,16,17). The van der Waals surface area contributed by atoms with E-state index in [0.29, 0.717) is 0 Å². The molecule has 9 heteroatoms. The van der Waals surface area contributed by atoms with Gasteiger partial charge in [0.25, 0.3) is 0 Å². The van der Waals surface area contributed by atoms with E-state index in [-0.39, 0.29) is 16.6 Å². The Morgan fingerprint density at radius 3 is 2.25 bits per heavy atom. The van der Waals surface area contributed by atoms with E-state index in [9.17, 15) is 13.2 Å². The van der Waals surface area contributed by atoms with Crippen molar-refractivity contribution in [1.29, 1.82) is 0 Å². The van der Waals surface area contributed by atoms with Crippen LogP contribution < -0.4 is 4.72 Å². The van der Waals surface area contributed by atoms with E-state index in [1.165, 1.54) is 10.8 Å². The molecular formula is C11H18N2O6S. The fourth-order valence-electron chi connectivity index (χ4n) is 1.62. The summed E-state index contributed by atoms with van der Waals surface area (Å²) in [6.07, 6.45) is 1.21. The van der Waals surface area contributed by atoms with Crippen molar-refractivity contribution in [3.63, 3.8) is 0 Å². The third-order valence-corrected chi connectivity index (χ3v) is 4.16. The highest BCUT2D eigenvalue weighted by atomic mass is 32.2. The maximum Gasteiger partial charge on any atom is 0.352 e. The Morgan fingerprint density at radius 2 is 1.90 bits per heavy atom. The van der Waals surface area contributed by atoms with E-state index >= 15 is 0 Å². The monoisotopic (exact) mass is 306 g/mol. The molecule has 1 rings (SSSR count). The largest absolute Gasteiger partial charge is 0.477 e. The molecule has 114 valence electrons. The van der Waals surface area contributed by atoms with Crippen LogP contribution in [0.4, 0.5) is 0 Å². The second kappa shape index (κ2) is 6.35. The molecule has 0 fully saturated rings. The van der Waals surface area contributed by atoms with Crippen LogP contribution in [0.5, 0.6) is 0 Å². The first kappa shape index (κ1) is 16.6. The minimum absolute atomic E-state index is 0.148. The molecule has 0 aliphatic heterocycles. The topological polar surface area (TPSA) is 129 Å². The summed E-state index contributed by atoms with van der Waals surface area (Å²) in [7, 11) is -4.01. The van der Waals surface area contributed by atoms with Crippen molar-refractivity contribution in [2.24, 2.45) is 0 Å². The highest BCUT2D eigenvalue weighted by molar-refractivity contribution is 7.89. The van der Waals surface area contributed by atoms with Crippen LogP contribution in [0.25, 0.3) is 0 Å². The van der Waals surface area contributed by atoms with Gasteiger partial charge in [-0.05, 0) is 19.9 Å². The molecule has 0 atom stereocenters.